The Balaban J connectivity index is 0.00000142. The van der Waals surface area contributed by atoms with Crippen LogP contribution in [0.15, 0.2) is 156 Å². The van der Waals surface area contributed by atoms with Gasteiger partial charge in [0.25, 0.3) is 10.1 Å². The third-order valence-electron chi connectivity index (χ3n) is 9.15. The maximum absolute atomic E-state index is 11.7. The van der Waals surface area contributed by atoms with Gasteiger partial charge in [-0.2, -0.15) is 38.7 Å². The molecule has 5 aromatic rings. The summed E-state index contributed by atoms with van der Waals surface area (Å²) in [7, 11) is -7.39. The molecule has 0 saturated carbocycles. The number of hydrogen-bond donors (Lipinski definition) is 2. The third kappa shape index (κ3) is 13.2. The molecule has 0 aliphatic heterocycles. The molecule has 6 rings (SSSR count). The van der Waals surface area contributed by atoms with Gasteiger partial charge in [0.2, 0.25) is 0 Å². The molecule has 294 valence electrons. The number of allylic oxidation sites excluding steroid dienone is 5. The topological polar surface area (TPSA) is 133 Å². The zero-order valence-corrected chi connectivity index (χ0v) is 36.6. The van der Waals surface area contributed by atoms with E-state index in [4.69, 9.17) is 17.4 Å². The zero-order valence-electron chi connectivity index (χ0n) is 33.0. The van der Waals surface area contributed by atoms with Crippen LogP contribution in [0.2, 0.25) is 0 Å². The Kier molecular flexibility index (Phi) is 17.4. The number of rotatable bonds is 14. The minimum absolute atomic E-state index is 0. The Hall–Kier alpha value is -5.08. The molecule has 13 heteroatoms. The van der Waals surface area contributed by atoms with Crippen molar-refractivity contribution in [2.24, 2.45) is 0 Å². The Morgan fingerprint density at radius 2 is 1.38 bits per heavy atom. The molecule has 0 unspecified atom stereocenters. The molecule has 0 atom stereocenters. The molecular weight excluding hydrogens is 782 g/mol. The zero-order chi connectivity index (χ0) is 40.8. The number of ether oxygens (including phenoxy) is 1. The summed E-state index contributed by atoms with van der Waals surface area (Å²) in [5, 5.41) is 3.50. The van der Waals surface area contributed by atoms with Crippen LogP contribution in [0.25, 0.3) is 5.57 Å². The summed E-state index contributed by atoms with van der Waals surface area (Å²) < 4.78 is 66.2. The molecule has 1 aliphatic carbocycles. The van der Waals surface area contributed by atoms with Crippen LogP contribution in [0.3, 0.4) is 0 Å². The fraction of sp³-hybridized carbons (Fsp3) is 0.178. The molecule has 0 fully saturated rings. The van der Waals surface area contributed by atoms with E-state index < -0.39 is 20.7 Å². The van der Waals surface area contributed by atoms with Gasteiger partial charge in [0.05, 0.1) is 11.5 Å². The first-order valence-electron chi connectivity index (χ1n) is 18.4. The first-order chi connectivity index (χ1) is 27.5. The average molecular weight is 827 g/mol. The van der Waals surface area contributed by atoms with Crippen molar-refractivity contribution < 1.29 is 64.5 Å². The van der Waals surface area contributed by atoms with Gasteiger partial charge >= 0.3 is 40.2 Å². The second kappa shape index (κ2) is 22.2. The van der Waals surface area contributed by atoms with Crippen LogP contribution in [0.5, 0.6) is 5.75 Å². The van der Waals surface area contributed by atoms with Gasteiger partial charge < -0.3 is 15.0 Å². The van der Waals surface area contributed by atoms with Crippen LogP contribution in [-0.4, -0.2) is 55.6 Å². The number of hydrogen-bond acceptors (Lipinski definition) is 8. The van der Waals surface area contributed by atoms with E-state index in [-0.39, 0.29) is 34.5 Å². The van der Waals surface area contributed by atoms with E-state index in [9.17, 15) is 13.0 Å². The summed E-state index contributed by atoms with van der Waals surface area (Å²) in [6, 6.07) is 43.0. The Bertz CT molecular complexity index is 2460. The molecule has 0 radical (unpaired) electrons. The van der Waals surface area contributed by atoms with E-state index in [1.807, 2.05) is 55.5 Å². The van der Waals surface area contributed by atoms with E-state index in [0.717, 1.165) is 69.4 Å². The Morgan fingerprint density at radius 1 is 0.793 bits per heavy atom. The Morgan fingerprint density at radius 3 is 1.91 bits per heavy atom. The maximum atomic E-state index is 11.7. The van der Waals surface area contributed by atoms with E-state index in [0.29, 0.717) is 19.7 Å². The van der Waals surface area contributed by atoms with Crippen molar-refractivity contribution in [3.8, 4) is 5.75 Å². The van der Waals surface area contributed by atoms with Crippen molar-refractivity contribution in [2.75, 3.05) is 29.9 Å². The van der Waals surface area contributed by atoms with Gasteiger partial charge in [0, 0.05) is 41.3 Å². The van der Waals surface area contributed by atoms with Gasteiger partial charge in [-0.3, -0.25) is 4.55 Å². The fourth-order valence-electron chi connectivity index (χ4n) is 6.41. The molecule has 0 amide bonds. The van der Waals surface area contributed by atoms with Crippen LogP contribution in [-0.2, 0) is 33.8 Å². The molecule has 0 saturated heterocycles. The van der Waals surface area contributed by atoms with Crippen LogP contribution in [0.4, 0.5) is 17.1 Å². The van der Waals surface area contributed by atoms with Crippen molar-refractivity contribution in [2.45, 2.75) is 38.8 Å². The normalized spacial score (nSPS) is 11.8. The van der Waals surface area contributed by atoms with Crippen molar-refractivity contribution in [3.05, 3.63) is 180 Å². The summed E-state index contributed by atoms with van der Waals surface area (Å²) in [5.41, 5.74) is 10.5. The van der Waals surface area contributed by atoms with Gasteiger partial charge in [-0.05, 0) is 122 Å². The largest absolute Gasteiger partial charge is 1.00 e. The predicted octanol–water partition coefficient (Wildman–Crippen LogP) is 5.50. The standard InChI is InChI=1S/C45H44N3O4S.Na.O3S/c1-4-47(32-34-11-8-7-9-12-34)41-25-17-37(18-26-41)45(36-15-21-39(22-16-36)46-40-23-29-43(30-24-40)52-6-3)38-19-27-42(28-20-38)48(5-2)33-35-13-10-14-44(31-35)53(49,50)51;;1-4(2)3/h7-8,10-31H,4-6,32-33H2,1-3H3,(H,49,50,51);;/q-1;+1;/p+1. The average Bonchev–Trinajstić information content (AvgIpc) is 3.21. The molecule has 1 aliphatic rings. The second-order valence-corrected chi connectivity index (χ2v) is 14.7. The number of benzene rings is 5. The molecule has 0 bridgehead atoms. The smallest absolute Gasteiger partial charge is 0.494 e. The molecule has 2 N–H and O–H groups in total. The summed E-state index contributed by atoms with van der Waals surface area (Å²) in [6.07, 6.45) is 8.51. The minimum atomic E-state index is -4.28. The van der Waals surface area contributed by atoms with Gasteiger partial charge in [-0.25, -0.2) is 4.58 Å². The summed E-state index contributed by atoms with van der Waals surface area (Å²) >= 11 is 0. The van der Waals surface area contributed by atoms with Crippen LogP contribution >= 0.6 is 0 Å². The second-order valence-electron chi connectivity index (χ2n) is 12.9. The minimum Gasteiger partial charge on any atom is -0.494 e. The predicted molar refractivity (Wildman–Crippen MR) is 226 cm³/mol. The summed E-state index contributed by atoms with van der Waals surface area (Å²) in [4.78, 5) is 2.25. The van der Waals surface area contributed by atoms with Crippen molar-refractivity contribution in [1.29, 1.82) is 0 Å². The number of nitrogens with one attached hydrogen (secondary N) is 1. The first kappa shape index (κ1) is 45.6. The molecule has 0 aromatic heterocycles. The number of anilines is 3. The van der Waals surface area contributed by atoms with Crippen LogP contribution in [0, 0.1) is 6.07 Å². The van der Waals surface area contributed by atoms with E-state index >= 15 is 0 Å². The quantitative estimate of drug-likeness (QED) is 0.0645. The molecule has 58 heavy (non-hydrogen) atoms. The van der Waals surface area contributed by atoms with Crippen molar-refractivity contribution >= 4 is 49.1 Å². The SMILES string of the molecule is CCOc1ccc(Nc2ccc(C(=C3C=CC(=[N+](CC)Cc4cccc(S(=O)(=O)O)c4)C=C3)c3ccc(N(CC)Cc4c[c-]ccc4)cc3)cc2)cc1.O=S(=O)=O.[Na+]. The molecule has 0 heterocycles. The summed E-state index contributed by atoms with van der Waals surface area (Å²) in [6.45, 7) is 9.74. The van der Waals surface area contributed by atoms with Crippen LogP contribution < -0.4 is 44.5 Å². The Labute approximate surface area is 365 Å². The van der Waals surface area contributed by atoms with E-state index in [1.165, 1.54) is 17.7 Å². The summed E-state index contributed by atoms with van der Waals surface area (Å²) in [5.74, 6) is 0.846. The van der Waals surface area contributed by atoms with Gasteiger partial charge in [-0.1, -0.05) is 36.4 Å². The molecule has 5 aromatic carbocycles. The third-order valence-corrected chi connectivity index (χ3v) is 10.00. The first-order valence-corrected chi connectivity index (χ1v) is 20.9. The molecule has 0 spiro atoms. The fourth-order valence-corrected chi connectivity index (χ4v) is 6.96. The van der Waals surface area contributed by atoms with Gasteiger partial charge in [0.15, 0.2) is 12.3 Å². The van der Waals surface area contributed by atoms with E-state index in [1.54, 1.807) is 6.07 Å². The monoisotopic (exact) mass is 826 g/mol. The number of nitrogens with zero attached hydrogens (tertiary/aromatic N) is 2. The van der Waals surface area contributed by atoms with Crippen molar-refractivity contribution in [1.82, 2.24) is 0 Å². The van der Waals surface area contributed by atoms with Crippen LogP contribution in [0.1, 0.15) is 43.0 Å². The van der Waals surface area contributed by atoms with Gasteiger partial charge in [-0.15, -0.1) is 18.2 Å². The maximum Gasteiger partial charge on any atom is 1.00 e. The molecule has 10 nitrogen and oxygen atoms in total. The van der Waals surface area contributed by atoms with Gasteiger partial charge in [0.1, 0.15) is 12.3 Å². The van der Waals surface area contributed by atoms with Crippen molar-refractivity contribution in [3.63, 3.8) is 0 Å². The molecular formula is C45H45N3NaO7S2+. The van der Waals surface area contributed by atoms with E-state index in [2.05, 4.69) is 114 Å².